The maximum Gasteiger partial charge on any atom is 0.134 e. The highest BCUT2D eigenvalue weighted by molar-refractivity contribution is 5.81. The summed E-state index contributed by atoms with van der Waals surface area (Å²) < 4.78 is 0. The summed E-state index contributed by atoms with van der Waals surface area (Å²) in [7, 11) is 0. The normalized spacial score (nSPS) is 12.6. The topological polar surface area (TPSA) is 60.2 Å². The second-order valence-corrected chi connectivity index (χ2v) is 2.76. The Balaban J connectivity index is 3.60. The number of nitrogens with two attached hydrogens (primary N) is 1. The molecule has 0 amide bonds. The van der Waals surface area contributed by atoms with Gasteiger partial charge in [-0.25, -0.2) is 0 Å². The van der Waals surface area contributed by atoms with Gasteiger partial charge in [-0.05, 0) is 6.92 Å². The lowest BCUT2D eigenvalue weighted by Crippen LogP contribution is -2.25. The molecular formula is C8H15NO2. The molecule has 64 valence electrons. The van der Waals surface area contributed by atoms with Gasteiger partial charge in [0, 0.05) is 25.3 Å². The molecular weight excluding hydrogens is 142 g/mol. The summed E-state index contributed by atoms with van der Waals surface area (Å²) in [6.07, 6.45) is 1.15. The molecule has 0 saturated heterocycles. The Morgan fingerprint density at radius 3 is 2.27 bits per heavy atom. The average molecular weight is 157 g/mol. The second kappa shape index (κ2) is 5.02. The minimum Gasteiger partial charge on any atom is -0.327 e. The average Bonchev–Trinajstić information content (AvgIpc) is 1.85. The van der Waals surface area contributed by atoms with Crippen LogP contribution in [0.3, 0.4) is 0 Å². The second-order valence-electron chi connectivity index (χ2n) is 2.76. The van der Waals surface area contributed by atoms with Gasteiger partial charge in [-0.15, -0.1) is 0 Å². The summed E-state index contributed by atoms with van der Waals surface area (Å²) in [5.74, 6) is 0.167. The van der Waals surface area contributed by atoms with Crippen molar-refractivity contribution in [1.82, 2.24) is 0 Å². The molecule has 0 radical (unpaired) electrons. The highest BCUT2D eigenvalue weighted by Gasteiger charge is 2.09. The van der Waals surface area contributed by atoms with Crippen LogP contribution in [-0.4, -0.2) is 17.6 Å². The van der Waals surface area contributed by atoms with Crippen LogP contribution < -0.4 is 5.73 Å². The fourth-order valence-corrected chi connectivity index (χ4v) is 0.878. The van der Waals surface area contributed by atoms with Crippen LogP contribution in [0.4, 0.5) is 0 Å². The van der Waals surface area contributed by atoms with Gasteiger partial charge in [0.1, 0.15) is 11.6 Å². The highest BCUT2D eigenvalue weighted by atomic mass is 16.1. The first-order chi connectivity index (χ1) is 5.06. The summed E-state index contributed by atoms with van der Waals surface area (Å²) in [5, 5.41) is 0. The van der Waals surface area contributed by atoms with Gasteiger partial charge in [-0.1, -0.05) is 6.92 Å². The molecule has 0 aliphatic carbocycles. The van der Waals surface area contributed by atoms with Crippen molar-refractivity contribution in [3.05, 3.63) is 0 Å². The van der Waals surface area contributed by atoms with Crippen LogP contribution in [-0.2, 0) is 9.59 Å². The van der Waals surface area contributed by atoms with Crippen LogP contribution in [0.2, 0.25) is 0 Å². The predicted molar refractivity (Wildman–Crippen MR) is 43.2 cm³/mol. The van der Waals surface area contributed by atoms with Gasteiger partial charge in [-0.3, -0.25) is 9.59 Å². The van der Waals surface area contributed by atoms with Gasteiger partial charge in [0.05, 0.1) is 0 Å². The monoisotopic (exact) mass is 157 g/mol. The fraction of sp³-hybridized carbons (Fsp3) is 0.750. The van der Waals surface area contributed by atoms with Gasteiger partial charge >= 0.3 is 0 Å². The van der Waals surface area contributed by atoms with Crippen molar-refractivity contribution in [2.24, 2.45) is 5.73 Å². The molecule has 0 aromatic carbocycles. The van der Waals surface area contributed by atoms with Gasteiger partial charge in [0.25, 0.3) is 0 Å². The molecule has 0 aliphatic rings. The summed E-state index contributed by atoms with van der Waals surface area (Å²) in [6, 6.07) is -0.278. The molecule has 0 aliphatic heterocycles. The van der Waals surface area contributed by atoms with Crippen molar-refractivity contribution >= 4 is 11.6 Å². The first-order valence-electron chi connectivity index (χ1n) is 3.83. The van der Waals surface area contributed by atoms with E-state index in [1.165, 1.54) is 6.92 Å². The van der Waals surface area contributed by atoms with E-state index in [0.29, 0.717) is 19.3 Å². The molecule has 0 aromatic heterocycles. The smallest absolute Gasteiger partial charge is 0.134 e. The van der Waals surface area contributed by atoms with E-state index >= 15 is 0 Å². The van der Waals surface area contributed by atoms with Crippen molar-refractivity contribution in [2.75, 3.05) is 0 Å². The quantitative estimate of drug-likeness (QED) is 0.637. The number of Topliss-reactive ketones (excluding diaryl/α,β-unsaturated/α-hetero) is 2. The zero-order valence-electron chi connectivity index (χ0n) is 7.09. The maximum atomic E-state index is 10.8. The molecule has 0 saturated carbocycles. The molecule has 1 atom stereocenters. The van der Waals surface area contributed by atoms with Gasteiger partial charge in [0.15, 0.2) is 0 Å². The Kier molecular flexibility index (Phi) is 4.70. The van der Waals surface area contributed by atoms with Crippen LogP contribution in [0.5, 0.6) is 0 Å². The summed E-state index contributed by atoms with van der Waals surface area (Å²) in [4.78, 5) is 21.3. The Labute approximate surface area is 67.0 Å². The number of hydrogen-bond acceptors (Lipinski definition) is 3. The SMILES string of the molecule is CCC(=O)CC(N)CC(C)=O. The van der Waals surface area contributed by atoms with Crippen LogP contribution in [0, 0.1) is 0 Å². The van der Waals surface area contributed by atoms with E-state index in [9.17, 15) is 9.59 Å². The van der Waals surface area contributed by atoms with E-state index in [1.807, 2.05) is 0 Å². The molecule has 3 heteroatoms. The number of rotatable bonds is 5. The Bertz CT molecular complexity index is 154. The summed E-state index contributed by atoms with van der Waals surface area (Å²) in [5.41, 5.74) is 5.51. The molecule has 0 fully saturated rings. The number of ketones is 2. The Hall–Kier alpha value is -0.700. The lowest BCUT2D eigenvalue weighted by Gasteiger charge is -2.06. The first kappa shape index (κ1) is 10.3. The third-order valence-corrected chi connectivity index (χ3v) is 1.43. The summed E-state index contributed by atoms with van der Waals surface area (Å²) in [6.45, 7) is 3.28. The lowest BCUT2D eigenvalue weighted by molar-refractivity contribution is -0.119. The number of carbonyl (C=O) groups is 2. The standard InChI is InChI=1S/C8H15NO2/c1-3-8(11)5-7(9)4-6(2)10/h7H,3-5,9H2,1-2H3. The van der Waals surface area contributed by atoms with Crippen LogP contribution in [0.15, 0.2) is 0 Å². The number of hydrogen-bond donors (Lipinski definition) is 1. The molecule has 1 unspecified atom stereocenters. The van der Waals surface area contributed by atoms with E-state index in [2.05, 4.69) is 0 Å². The molecule has 0 spiro atoms. The summed E-state index contributed by atoms with van der Waals surface area (Å²) >= 11 is 0. The van der Waals surface area contributed by atoms with E-state index in [0.717, 1.165) is 0 Å². The molecule has 2 N–H and O–H groups in total. The Morgan fingerprint density at radius 2 is 1.91 bits per heavy atom. The fourth-order valence-electron chi connectivity index (χ4n) is 0.878. The molecule has 0 bridgehead atoms. The number of carbonyl (C=O) groups excluding carboxylic acids is 2. The van der Waals surface area contributed by atoms with E-state index < -0.39 is 0 Å². The van der Waals surface area contributed by atoms with Crippen molar-refractivity contribution in [3.8, 4) is 0 Å². The third kappa shape index (κ3) is 5.73. The molecule has 0 rings (SSSR count). The largest absolute Gasteiger partial charge is 0.327 e. The van der Waals surface area contributed by atoms with Gasteiger partial charge in [0.2, 0.25) is 0 Å². The minimum atomic E-state index is -0.278. The van der Waals surface area contributed by atoms with Crippen LogP contribution >= 0.6 is 0 Å². The van der Waals surface area contributed by atoms with Crippen molar-refractivity contribution in [3.63, 3.8) is 0 Å². The zero-order chi connectivity index (χ0) is 8.85. The van der Waals surface area contributed by atoms with Crippen LogP contribution in [0.1, 0.15) is 33.1 Å². The van der Waals surface area contributed by atoms with Gasteiger partial charge in [-0.2, -0.15) is 0 Å². The first-order valence-corrected chi connectivity index (χ1v) is 3.83. The molecule has 0 aromatic rings. The van der Waals surface area contributed by atoms with E-state index in [1.54, 1.807) is 6.92 Å². The predicted octanol–water partition coefficient (Wildman–Crippen LogP) is 0.662. The maximum absolute atomic E-state index is 10.8. The molecule has 3 nitrogen and oxygen atoms in total. The highest BCUT2D eigenvalue weighted by Crippen LogP contribution is 1.98. The van der Waals surface area contributed by atoms with Crippen molar-refractivity contribution in [2.45, 2.75) is 39.2 Å². The Morgan fingerprint density at radius 1 is 1.36 bits per heavy atom. The zero-order valence-corrected chi connectivity index (χ0v) is 7.09. The van der Waals surface area contributed by atoms with E-state index in [4.69, 9.17) is 5.73 Å². The third-order valence-electron chi connectivity index (χ3n) is 1.43. The van der Waals surface area contributed by atoms with Crippen LogP contribution in [0.25, 0.3) is 0 Å². The molecule has 0 heterocycles. The van der Waals surface area contributed by atoms with E-state index in [-0.39, 0.29) is 17.6 Å². The molecule has 11 heavy (non-hydrogen) atoms. The van der Waals surface area contributed by atoms with Gasteiger partial charge < -0.3 is 5.73 Å². The lowest BCUT2D eigenvalue weighted by atomic mass is 10.1. The van der Waals surface area contributed by atoms with Crippen molar-refractivity contribution in [1.29, 1.82) is 0 Å². The van der Waals surface area contributed by atoms with Crippen molar-refractivity contribution < 1.29 is 9.59 Å². The minimum absolute atomic E-state index is 0.0430.